The lowest BCUT2D eigenvalue weighted by atomic mass is 9.81. The number of nitrogens with zero attached hydrogens (tertiary/aromatic N) is 4. The number of rotatable bonds is 2. The van der Waals surface area contributed by atoms with Crippen LogP contribution in [0, 0.1) is 16.7 Å². The molecule has 156 valence electrons. The number of nitriles is 1. The Balaban J connectivity index is 0.00000193. The molecule has 3 aliphatic rings. The summed E-state index contributed by atoms with van der Waals surface area (Å²) in [4.78, 5) is 7.43. The third-order valence-electron chi connectivity index (χ3n) is 7.81. The zero-order chi connectivity index (χ0) is 19.8. The molecule has 1 aromatic carbocycles. The molecular weight excluding hydrogens is 396 g/mol. The normalized spacial score (nSPS) is 24.1. The number of halogens is 1. The Kier molecular flexibility index (Phi) is 4.50. The van der Waals surface area contributed by atoms with Crippen molar-refractivity contribution in [3.8, 4) is 6.07 Å². The fraction of sp³-hybridized carbons (Fsp3) is 0.500. The van der Waals surface area contributed by atoms with Crippen molar-refractivity contribution in [2.75, 3.05) is 24.6 Å². The van der Waals surface area contributed by atoms with Gasteiger partial charge in [-0.2, -0.15) is 5.26 Å². The first-order valence-corrected chi connectivity index (χ1v) is 10.9. The van der Waals surface area contributed by atoms with Crippen LogP contribution in [0.4, 0.5) is 5.82 Å². The van der Waals surface area contributed by atoms with Gasteiger partial charge < -0.3 is 10.0 Å². The Morgan fingerprint density at radius 3 is 2.57 bits per heavy atom. The summed E-state index contributed by atoms with van der Waals surface area (Å²) in [5.41, 5.74) is 6.39. The first-order chi connectivity index (χ1) is 14.1. The van der Waals surface area contributed by atoms with Gasteiger partial charge in [-0.15, -0.1) is 12.4 Å². The van der Waals surface area contributed by atoms with Crippen molar-refractivity contribution in [1.29, 1.82) is 5.26 Å². The summed E-state index contributed by atoms with van der Waals surface area (Å²) in [5, 5.41) is 19.9. The zero-order valence-electron chi connectivity index (χ0n) is 17.3. The summed E-state index contributed by atoms with van der Waals surface area (Å²) in [6, 6.07) is 10.8. The van der Waals surface area contributed by atoms with Crippen LogP contribution in [-0.4, -0.2) is 34.2 Å². The molecule has 3 heterocycles. The van der Waals surface area contributed by atoms with Crippen LogP contribution in [0.25, 0.3) is 16.7 Å². The molecule has 0 radical (unpaired) electrons. The molecule has 3 aromatic rings. The summed E-state index contributed by atoms with van der Waals surface area (Å²) < 4.78 is 2.27. The van der Waals surface area contributed by atoms with E-state index in [4.69, 9.17) is 4.98 Å². The molecule has 30 heavy (non-hydrogen) atoms. The minimum absolute atomic E-state index is 0. The van der Waals surface area contributed by atoms with Gasteiger partial charge in [0.25, 0.3) is 0 Å². The topological polar surface area (TPSA) is 64.6 Å². The third kappa shape index (κ3) is 2.53. The van der Waals surface area contributed by atoms with Gasteiger partial charge in [0.15, 0.2) is 5.65 Å². The average Bonchev–Trinajstić information content (AvgIpc) is 3.46. The van der Waals surface area contributed by atoms with Crippen molar-refractivity contribution in [3.63, 3.8) is 0 Å². The molecule has 1 saturated carbocycles. The van der Waals surface area contributed by atoms with Crippen LogP contribution in [-0.2, 0) is 0 Å². The van der Waals surface area contributed by atoms with E-state index in [0.717, 1.165) is 48.2 Å². The molecule has 1 saturated heterocycles. The van der Waals surface area contributed by atoms with Gasteiger partial charge in [0, 0.05) is 25.3 Å². The monoisotopic (exact) mass is 422 g/mol. The smallest absolute Gasteiger partial charge is 0.157 e. The minimum Gasteiger partial charge on any atom is -0.396 e. The van der Waals surface area contributed by atoms with Crippen molar-refractivity contribution in [2.45, 2.75) is 50.9 Å². The lowest BCUT2D eigenvalue weighted by Crippen LogP contribution is -2.41. The maximum atomic E-state index is 10.1. The molecule has 2 fully saturated rings. The molecule has 6 heteroatoms. The van der Waals surface area contributed by atoms with Gasteiger partial charge in [-0.25, -0.2) is 4.98 Å². The highest BCUT2D eigenvalue weighted by molar-refractivity contribution is 5.87. The predicted molar refractivity (Wildman–Crippen MR) is 121 cm³/mol. The second-order valence-electron chi connectivity index (χ2n) is 9.56. The number of para-hydroxylation sites is 2. The summed E-state index contributed by atoms with van der Waals surface area (Å²) in [7, 11) is 0. The number of hydrogen-bond donors (Lipinski definition) is 1. The highest BCUT2D eigenvalue weighted by atomic mass is 35.5. The van der Waals surface area contributed by atoms with Crippen molar-refractivity contribution in [1.82, 2.24) is 9.38 Å². The first-order valence-electron chi connectivity index (χ1n) is 10.9. The average molecular weight is 423 g/mol. The number of benzene rings is 1. The van der Waals surface area contributed by atoms with E-state index in [2.05, 4.69) is 34.4 Å². The fourth-order valence-electron chi connectivity index (χ4n) is 6.07. The van der Waals surface area contributed by atoms with E-state index in [0.29, 0.717) is 11.8 Å². The van der Waals surface area contributed by atoms with E-state index in [1.165, 1.54) is 36.2 Å². The van der Waals surface area contributed by atoms with Crippen molar-refractivity contribution >= 4 is 34.9 Å². The largest absolute Gasteiger partial charge is 0.396 e. The van der Waals surface area contributed by atoms with E-state index in [-0.39, 0.29) is 24.4 Å². The third-order valence-corrected chi connectivity index (χ3v) is 7.81. The van der Waals surface area contributed by atoms with Crippen LogP contribution in [0.1, 0.15) is 67.6 Å². The lowest BCUT2D eigenvalue weighted by Gasteiger charge is -2.41. The van der Waals surface area contributed by atoms with Gasteiger partial charge in [0.1, 0.15) is 11.9 Å². The Morgan fingerprint density at radius 1 is 1.17 bits per heavy atom. The van der Waals surface area contributed by atoms with Gasteiger partial charge >= 0.3 is 0 Å². The standard InChI is InChI=1S/C24H26N4O.ClH/c1-24(14-29)8-10-27(11-9-24)23-21-16-7-6-15(12-16)20(21)17(13-25)22-26-18-4-2-3-5-19(18)28(22)23;/h2-5,15-16,29H,6-12,14H2,1H3;1H. The van der Waals surface area contributed by atoms with Crippen LogP contribution in [0.3, 0.4) is 0 Å². The number of aromatic nitrogens is 2. The Labute approximate surface area is 182 Å². The summed E-state index contributed by atoms with van der Waals surface area (Å²) in [5.74, 6) is 2.35. The molecule has 2 unspecified atom stereocenters. The van der Waals surface area contributed by atoms with E-state index in [1.54, 1.807) is 0 Å². The van der Waals surface area contributed by atoms with Crippen LogP contribution in [0.5, 0.6) is 0 Å². The molecule has 2 bridgehead atoms. The molecule has 2 aliphatic carbocycles. The second-order valence-corrected chi connectivity index (χ2v) is 9.56. The van der Waals surface area contributed by atoms with Crippen LogP contribution < -0.4 is 4.90 Å². The SMILES string of the molecule is CC1(CO)CCN(c2c3c(c(C#N)c4nc5ccccc5n24)C2CCC3C2)CC1.Cl. The highest BCUT2D eigenvalue weighted by Crippen LogP contribution is 2.58. The van der Waals surface area contributed by atoms with E-state index in [9.17, 15) is 10.4 Å². The predicted octanol–water partition coefficient (Wildman–Crippen LogP) is 4.74. The number of imidazole rings is 1. The first kappa shape index (κ1) is 19.7. The number of hydrogen-bond acceptors (Lipinski definition) is 4. The number of fused-ring (bicyclic) bond motifs is 8. The summed E-state index contributed by atoms with van der Waals surface area (Å²) >= 11 is 0. The zero-order valence-corrected chi connectivity index (χ0v) is 18.1. The van der Waals surface area contributed by atoms with Gasteiger partial charge in [0.2, 0.25) is 0 Å². The minimum atomic E-state index is 0. The van der Waals surface area contributed by atoms with Crippen molar-refractivity contribution < 1.29 is 5.11 Å². The molecule has 2 atom stereocenters. The van der Waals surface area contributed by atoms with E-state index >= 15 is 0 Å². The summed E-state index contributed by atoms with van der Waals surface area (Å²) in [6.07, 6.45) is 5.59. The molecule has 0 amide bonds. The van der Waals surface area contributed by atoms with Crippen LogP contribution in [0.15, 0.2) is 24.3 Å². The van der Waals surface area contributed by atoms with Crippen molar-refractivity contribution in [2.24, 2.45) is 5.41 Å². The summed E-state index contributed by atoms with van der Waals surface area (Å²) in [6.45, 7) is 4.32. The van der Waals surface area contributed by atoms with Crippen LogP contribution >= 0.6 is 12.4 Å². The van der Waals surface area contributed by atoms with E-state index in [1.807, 2.05) is 12.1 Å². The number of aliphatic hydroxyl groups is 1. The van der Waals surface area contributed by atoms with Gasteiger partial charge in [0.05, 0.1) is 16.6 Å². The molecule has 2 aromatic heterocycles. The highest BCUT2D eigenvalue weighted by Gasteiger charge is 2.44. The quantitative estimate of drug-likeness (QED) is 0.647. The Bertz CT molecular complexity index is 1190. The number of pyridine rings is 1. The molecule has 6 rings (SSSR count). The molecular formula is C24H27ClN4O. The maximum Gasteiger partial charge on any atom is 0.157 e. The second kappa shape index (κ2) is 6.87. The number of piperidine rings is 1. The Hall–Kier alpha value is -2.29. The number of anilines is 1. The molecule has 1 N–H and O–H groups in total. The Morgan fingerprint density at radius 2 is 1.87 bits per heavy atom. The molecule has 0 spiro atoms. The van der Waals surface area contributed by atoms with Gasteiger partial charge in [-0.1, -0.05) is 19.1 Å². The van der Waals surface area contributed by atoms with Crippen molar-refractivity contribution in [3.05, 3.63) is 41.0 Å². The maximum absolute atomic E-state index is 10.1. The number of aliphatic hydroxyl groups excluding tert-OH is 1. The van der Waals surface area contributed by atoms with Gasteiger partial charge in [-0.05, 0) is 67.1 Å². The lowest BCUT2D eigenvalue weighted by molar-refractivity contribution is 0.114. The van der Waals surface area contributed by atoms with Crippen LogP contribution in [0.2, 0.25) is 0 Å². The van der Waals surface area contributed by atoms with E-state index < -0.39 is 0 Å². The van der Waals surface area contributed by atoms with Gasteiger partial charge in [-0.3, -0.25) is 4.40 Å². The molecule has 1 aliphatic heterocycles. The fourth-order valence-corrected chi connectivity index (χ4v) is 6.07. The molecule has 5 nitrogen and oxygen atoms in total.